The van der Waals surface area contributed by atoms with Crippen LogP contribution in [-0.4, -0.2) is 12.3 Å². The Labute approximate surface area is 134 Å². The van der Waals surface area contributed by atoms with E-state index in [4.69, 9.17) is 23.6 Å². The number of hydrogen-bond acceptors (Lipinski definition) is 3. The smallest absolute Gasteiger partial charge is 0.132 e. The molecule has 5 rings (SSSR count). The maximum atomic E-state index is 6.19. The lowest BCUT2D eigenvalue weighted by Gasteiger charge is -2.61. The zero-order valence-electron chi connectivity index (χ0n) is 11.5. The summed E-state index contributed by atoms with van der Waals surface area (Å²) in [5, 5.41) is 2.21. The Bertz CT molecular complexity index is 800. The topological polar surface area (TPSA) is 3.24 Å². The summed E-state index contributed by atoms with van der Waals surface area (Å²) in [6.07, 6.45) is 0. The molecule has 2 aromatic rings. The summed E-state index contributed by atoms with van der Waals surface area (Å²) in [5.74, 6) is 0. The molecule has 0 aliphatic carbocycles. The summed E-state index contributed by atoms with van der Waals surface area (Å²) < 4.78 is 2.68. The van der Waals surface area contributed by atoms with Gasteiger partial charge in [0.1, 0.15) is 19.0 Å². The van der Waals surface area contributed by atoms with E-state index < -0.39 is 19.0 Å². The molecule has 0 N–H and O–H groups in total. The van der Waals surface area contributed by atoms with Gasteiger partial charge in [-0.15, -0.1) is 0 Å². The lowest BCUT2D eigenvalue weighted by molar-refractivity contribution is 1.08. The Hall–Kier alpha value is 0.527. The van der Waals surface area contributed by atoms with Gasteiger partial charge in [-0.2, -0.15) is 0 Å². The number of benzene rings is 2. The number of nitrogens with zero attached hydrogens (tertiary/aromatic N) is 1. The van der Waals surface area contributed by atoms with Gasteiger partial charge in [-0.1, -0.05) is 79.7 Å². The monoisotopic (exact) mass is 371 g/mol. The predicted octanol–water partition coefficient (Wildman–Crippen LogP) is 4.61. The molecular formula is C13H15NP2S3Si. The van der Waals surface area contributed by atoms with E-state index in [1.807, 2.05) is 11.0 Å². The molecule has 0 amide bonds. The first-order valence-corrected chi connectivity index (χ1v) is 17.5. The largest absolute Gasteiger partial charge is 0.245 e. The van der Waals surface area contributed by atoms with Crippen molar-refractivity contribution in [3.8, 4) is 0 Å². The van der Waals surface area contributed by atoms with E-state index in [1.54, 1.807) is 0 Å². The van der Waals surface area contributed by atoms with Crippen LogP contribution in [0, 0.1) is 0 Å². The van der Waals surface area contributed by atoms with Crippen LogP contribution in [0.5, 0.6) is 0 Å². The zero-order chi connectivity index (χ0) is 14.3. The quantitative estimate of drug-likeness (QED) is 0.532. The van der Waals surface area contributed by atoms with E-state index in [9.17, 15) is 0 Å². The fraction of sp³-hybridized carbons (Fsp3) is 0.231. The average molecular weight is 372 g/mol. The highest BCUT2D eigenvalue weighted by molar-refractivity contribution is 9.07. The third kappa shape index (κ3) is 1.55. The van der Waals surface area contributed by atoms with Crippen LogP contribution in [0.4, 0.5) is 0 Å². The van der Waals surface area contributed by atoms with Gasteiger partial charge >= 0.3 is 0 Å². The second-order valence-corrected chi connectivity index (χ2v) is 25.8. The average Bonchev–Trinajstić information content (AvgIpc) is 2.32. The molecule has 1 fully saturated rings. The van der Waals surface area contributed by atoms with Crippen molar-refractivity contribution in [2.75, 3.05) is 0 Å². The molecule has 1 nitrogen and oxygen atoms in total. The summed E-state index contributed by atoms with van der Waals surface area (Å²) in [6.45, 7) is 7.18. The van der Waals surface area contributed by atoms with Crippen LogP contribution >= 0.6 is 21.8 Å². The van der Waals surface area contributed by atoms with E-state index in [1.165, 1.54) is 21.4 Å². The van der Waals surface area contributed by atoms with Gasteiger partial charge in [0.2, 0.25) is 0 Å². The highest BCUT2D eigenvalue weighted by atomic mass is 33.2. The van der Waals surface area contributed by atoms with Crippen LogP contribution in [-0.2, 0) is 23.6 Å². The molecule has 3 aliphatic heterocycles. The lowest BCUT2D eigenvalue weighted by atomic mass is 10.1. The van der Waals surface area contributed by atoms with Crippen molar-refractivity contribution in [1.29, 1.82) is 0 Å². The normalized spacial score (nSPS) is 32.1. The van der Waals surface area contributed by atoms with Gasteiger partial charge in [-0.05, 0) is 16.4 Å². The Morgan fingerprint density at radius 3 is 1.90 bits per heavy atom. The van der Waals surface area contributed by atoms with E-state index in [0.29, 0.717) is 0 Å². The van der Waals surface area contributed by atoms with E-state index >= 15 is 0 Å². The number of hydrogen-bond donors (Lipinski definition) is 0. The zero-order valence-corrected chi connectivity index (χ0v) is 16.8. The van der Waals surface area contributed by atoms with Crippen molar-refractivity contribution < 1.29 is 0 Å². The van der Waals surface area contributed by atoms with Gasteiger partial charge in [0, 0.05) is 16.0 Å². The molecule has 0 spiro atoms. The Morgan fingerprint density at radius 2 is 1.45 bits per heavy atom. The van der Waals surface area contributed by atoms with Crippen LogP contribution in [0.1, 0.15) is 0 Å². The van der Waals surface area contributed by atoms with Crippen molar-refractivity contribution in [1.82, 2.24) is 4.11 Å². The molecule has 3 heterocycles. The maximum absolute atomic E-state index is 6.19. The van der Waals surface area contributed by atoms with Crippen molar-refractivity contribution in [3.05, 3.63) is 36.4 Å². The molecule has 20 heavy (non-hydrogen) atoms. The molecular weight excluding hydrogens is 356 g/mol. The maximum Gasteiger partial charge on any atom is 0.132 e. The van der Waals surface area contributed by atoms with Gasteiger partial charge < -0.3 is 0 Å². The standard InChI is InChI=1S/C13H15NP2S3Si/c1-20(2,3)14-15(17)11-8-4-6-10-7-5-9-12(13(10)11)16(14,18)19-15/h4-9H,1-3H3/t15-,16+. The molecule has 2 bridgehead atoms. The predicted molar refractivity (Wildman–Crippen MR) is 105 cm³/mol. The molecule has 0 radical (unpaired) electrons. The first-order valence-electron chi connectivity index (χ1n) is 6.54. The van der Waals surface area contributed by atoms with Gasteiger partial charge in [-0.3, -0.25) is 0 Å². The molecule has 104 valence electrons. The Balaban J connectivity index is 2.17. The first-order chi connectivity index (χ1) is 9.28. The fourth-order valence-electron chi connectivity index (χ4n) is 3.20. The molecule has 0 saturated carbocycles. The van der Waals surface area contributed by atoms with Gasteiger partial charge in [0.25, 0.3) is 0 Å². The van der Waals surface area contributed by atoms with Crippen LogP contribution < -0.4 is 10.6 Å². The highest BCUT2D eigenvalue weighted by Gasteiger charge is 2.60. The SMILES string of the molecule is C[Si](C)(C)N1[P@@]2(=S)S[P@]1(=S)c1cccc3cccc2c13. The third-order valence-corrected chi connectivity index (χ3v) is 31.8. The summed E-state index contributed by atoms with van der Waals surface area (Å²) in [4.78, 5) is 0. The second-order valence-electron chi connectivity index (χ2n) is 6.24. The summed E-state index contributed by atoms with van der Waals surface area (Å²) in [5.41, 5.74) is 0. The van der Waals surface area contributed by atoms with Gasteiger partial charge in [0.05, 0.1) is 0 Å². The van der Waals surface area contributed by atoms with E-state index in [0.717, 1.165) is 0 Å². The van der Waals surface area contributed by atoms with Crippen molar-refractivity contribution in [3.63, 3.8) is 0 Å². The fourth-order valence-corrected chi connectivity index (χ4v) is 45.1. The van der Waals surface area contributed by atoms with Crippen molar-refractivity contribution >= 4 is 75.0 Å². The number of rotatable bonds is 1. The van der Waals surface area contributed by atoms with Crippen LogP contribution in [0.2, 0.25) is 19.6 Å². The molecule has 0 aromatic heterocycles. The molecule has 2 atom stereocenters. The summed E-state index contributed by atoms with van der Waals surface area (Å²) in [7, 11) is -1.50. The molecule has 0 unspecified atom stereocenters. The molecule has 1 saturated heterocycles. The minimum Gasteiger partial charge on any atom is -0.245 e. The lowest BCUT2D eigenvalue weighted by Crippen LogP contribution is -2.50. The third-order valence-electron chi connectivity index (χ3n) is 3.79. The minimum absolute atomic E-state index is 1.32. The molecule has 7 heteroatoms. The highest BCUT2D eigenvalue weighted by Crippen LogP contribution is 2.98. The first kappa shape index (κ1) is 14.1. The Kier molecular flexibility index (Phi) is 2.89. The van der Waals surface area contributed by atoms with Gasteiger partial charge in [-0.25, -0.2) is 4.11 Å². The van der Waals surface area contributed by atoms with Crippen LogP contribution in [0.3, 0.4) is 0 Å². The van der Waals surface area contributed by atoms with E-state index in [2.05, 4.69) is 60.1 Å². The van der Waals surface area contributed by atoms with Gasteiger partial charge in [0.15, 0.2) is 0 Å². The molecule has 3 aliphatic rings. The molecule has 2 aromatic carbocycles. The van der Waals surface area contributed by atoms with Crippen LogP contribution in [0.15, 0.2) is 36.4 Å². The second kappa shape index (κ2) is 4.08. The Morgan fingerprint density at radius 1 is 0.950 bits per heavy atom. The summed E-state index contributed by atoms with van der Waals surface area (Å²) in [6, 6.07) is 13.2. The summed E-state index contributed by atoms with van der Waals surface area (Å²) >= 11 is 14.4. The van der Waals surface area contributed by atoms with Crippen molar-refractivity contribution in [2.24, 2.45) is 0 Å². The minimum atomic E-state index is -1.66. The van der Waals surface area contributed by atoms with Crippen LogP contribution in [0.25, 0.3) is 10.8 Å². The van der Waals surface area contributed by atoms with E-state index in [-0.39, 0.29) is 0 Å². The van der Waals surface area contributed by atoms with Crippen molar-refractivity contribution in [2.45, 2.75) is 19.6 Å².